The molecule has 6 nitrogen and oxygen atoms in total. The number of nitro groups is 1. The molecule has 0 bridgehead atoms. The average molecular weight is 267 g/mol. The van der Waals surface area contributed by atoms with Gasteiger partial charge in [0.25, 0.3) is 5.69 Å². The van der Waals surface area contributed by atoms with E-state index in [4.69, 9.17) is 9.47 Å². The first kappa shape index (κ1) is 14.9. The molecule has 0 aliphatic rings. The Labute approximate surface area is 111 Å². The van der Waals surface area contributed by atoms with Crippen LogP contribution in [0.15, 0.2) is 18.2 Å². The molecule has 0 radical (unpaired) electrons. The van der Waals surface area contributed by atoms with Crippen molar-refractivity contribution in [3.8, 4) is 5.75 Å². The largest absolute Gasteiger partial charge is 0.476 e. The number of carbonyl (C=O) groups is 1. The number of carbonyl (C=O) groups excluding carboxylic acids is 1. The fourth-order valence-corrected chi connectivity index (χ4v) is 1.49. The molecule has 1 aromatic rings. The van der Waals surface area contributed by atoms with Crippen LogP contribution in [0.3, 0.4) is 0 Å². The number of rotatable bonds is 5. The summed E-state index contributed by atoms with van der Waals surface area (Å²) in [5, 5.41) is 10.8. The zero-order valence-electron chi connectivity index (χ0n) is 11.4. The number of ether oxygens (including phenoxy) is 2. The molecule has 6 heteroatoms. The van der Waals surface area contributed by atoms with Crippen LogP contribution in [0.4, 0.5) is 5.69 Å². The highest BCUT2D eigenvalue weighted by Gasteiger charge is 2.32. The lowest BCUT2D eigenvalue weighted by Gasteiger charge is -2.24. The van der Waals surface area contributed by atoms with Gasteiger partial charge in [0.15, 0.2) is 5.60 Å². The first-order valence-corrected chi connectivity index (χ1v) is 5.89. The molecule has 0 saturated carbocycles. The van der Waals surface area contributed by atoms with Crippen molar-refractivity contribution in [3.63, 3.8) is 0 Å². The molecule has 0 aliphatic heterocycles. The highest BCUT2D eigenvalue weighted by atomic mass is 16.6. The molecule has 0 fully saturated rings. The summed E-state index contributed by atoms with van der Waals surface area (Å²) in [6.45, 7) is 6.69. The Morgan fingerprint density at radius 3 is 2.58 bits per heavy atom. The van der Waals surface area contributed by atoms with E-state index in [1.807, 2.05) is 0 Å². The van der Waals surface area contributed by atoms with E-state index in [1.54, 1.807) is 39.8 Å². The standard InChI is InChI=1S/C13H17NO5/c1-5-18-12(15)13(3,4)19-10-7-6-9(2)11(8-10)14(16)17/h6-8H,5H2,1-4H3. The molecule has 0 saturated heterocycles. The highest BCUT2D eigenvalue weighted by molar-refractivity contribution is 5.79. The predicted molar refractivity (Wildman–Crippen MR) is 69.2 cm³/mol. The van der Waals surface area contributed by atoms with E-state index in [9.17, 15) is 14.9 Å². The number of nitro benzene ring substituents is 1. The molecule has 104 valence electrons. The normalized spacial score (nSPS) is 10.9. The summed E-state index contributed by atoms with van der Waals surface area (Å²) in [7, 11) is 0. The number of nitrogens with zero attached hydrogens (tertiary/aromatic N) is 1. The predicted octanol–water partition coefficient (Wildman–Crippen LogP) is 2.62. The Morgan fingerprint density at radius 2 is 2.05 bits per heavy atom. The van der Waals surface area contributed by atoms with Crippen molar-refractivity contribution < 1.29 is 19.2 Å². The van der Waals surface area contributed by atoms with E-state index >= 15 is 0 Å². The fourth-order valence-electron chi connectivity index (χ4n) is 1.49. The van der Waals surface area contributed by atoms with Gasteiger partial charge in [0.1, 0.15) is 5.75 Å². The van der Waals surface area contributed by atoms with Crippen LogP contribution in [0.2, 0.25) is 0 Å². The smallest absolute Gasteiger partial charge is 0.349 e. The van der Waals surface area contributed by atoms with E-state index in [0.717, 1.165) is 0 Å². The molecule has 1 aromatic carbocycles. The minimum Gasteiger partial charge on any atom is -0.476 e. The minimum atomic E-state index is -1.20. The van der Waals surface area contributed by atoms with Gasteiger partial charge in [0.2, 0.25) is 0 Å². The lowest BCUT2D eigenvalue weighted by molar-refractivity contribution is -0.385. The molecule has 1 rings (SSSR count). The summed E-state index contributed by atoms with van der Waals surface area (Å²) in [5.41, 5.74) is -0.706. The van der Waals surface area contributed by atoms with Crippen LogP contribution in [-0.2, 0) is 9.53 Å². The summed E-state index contributed by atoms with van der Waals surface area (Å²) < 4.78 is 10.4. The monoisotopic (exact) mass is 267 g/mol. The van der Waals surface area contributed by atoms with Crippen molar-refractivity contribution in [2.45, 2.75) is 33.3 Å². The van der Waals surface area contributed by atoms with Crippen LogP contribution in [-0.4, -0.2) is 23.1 Å². The van der Waals surface area contributed by atoms with Crippen LogP contribution < -0.4 is 4.74 Å². The van der Waals surface area contributed by atoms with Crippen molar-refractivity contribution >= 4 is 11.7 Å². The first-order valence-electron chi connectivity index (χ1n) is 5.89. The Morgan fingerprint density at radius 1 is 1.42 bits per heavy atom. The Bertz CT molecular complexity index is 496. The molecule has 0 spiro atoms. The molecule has 19 heavy (non-hydrogen) atoms. The van der Waals surface area contributed by atoms with Gasteiger partial charge >= 0.3 is 5.97 Å². The highest BCUT2D eigenvalue weighted by Crippen LogP contribution is 2.27. The fraction of sp³-hybridized carbons (Fsp3) is 0.462. The van der Waals surface area contributed by atoms with Crippen LogP contribution in [0.25, 0.3) is 0 Å². The van der Waals surface area contributed by atoms with Gasteiger partial charge in [0, 0.05) is 5.56 Å². The zero-order valence-corrected chi connectivity index (χ0v) is 11.4. The first-order chi connectivity index (χ1) is 8.77. The van der Waals surface area contributed by atoms with Gasteiger partial charge in [-0.2, -0.15) is 0 Å². The summed E-state index contributed by atoms with van der Waals surface area (Å²) in [5.74, 6) is -0.256. The molecule has 0 heterocycles. The van der Waals surface area contributed by atoms with Gasteiger partial charge in [-0.05, 0) is 39.8 Å². The maximum absolute atomic E-state index is 11.7. The maximum Gasteiger partial charge on any atom is 0.349 e. The topological polar surface area (TPSA) is 78.7 Å². The quantitative estimate of drug-likeness (QED) is 0.465. The third-order valence-corrected chi connectivity index (χ3v) is 2.52. The molecule has 0 aromatic heterocycles. The Kier molecular flexibility index (Phi) is 4.47. The molecular weight excluding hydrogens is 250 g/mol. The second-order valence-electron chi connectivity index (χ2n) is 4.54. The molecule has 0 amide bonds. The number of benzene rings is 1. The van der Waals surface area contributed by atoms with Crippen molar-refractivity contribution in [2.75, 3.05) is 6.61 Å². The van der Waals surface area contributed by atoms with Gasteiger partial charge in [-0.25, -0.2) is 4.79 Å². The van der Waals surface area contributed by atoms with Gasteiger partial charge in [-0.15, -0.1) is 0 Å². The summed E-state index contributed by atoms with van der Waals surface area (Å²) >= 11 is 0. The van der Waals surface area contributed by atoms with Crippen LogP contribution in [0.5, 0.6) is 5.75 Å². The van der Waals surface area contributed by atoms with Gasteiger partial charge in [-0.3, -0.25) is 10.1 Å². The number of hydrogen-bond donors (Lipinski definition) is 0. The average Bonchev–Trinajstić information content (AvgIpc) is 2.31. The van der Waals surface area contributed by atoms with E-state index in [1.165, 1.54) is 6.07 Å². The maximum atomic E-state index is 11.7. The molecule has 0 unspecified atom stereocenters. The summed E-state index contributed by atoms with van der Waals surface area (Å²) in [6, 6.07) is 4.47. The Balaban J connectivity index is 2.96. The van der Waals surface area contributed by atoms with Crippen molar-refractivity contribution in [1.29, 1.82) is 0 Å². The van der Waals surface area contributed by atoms with E-state index in [-0.39, 0.29) is 18.0 Å². The third-order valence-electron chi connectivity index (χ3n) is 2.52. The SMILES string of the molecule is CCOC(=O)C(C)(C)Oc1ccc(C)c([N+](=O)[O-])c1. The summed E-state index contributed by atoms with van der Waals surface area (Å²) in [6.07, 6.45) is 0. The van der Waals surface area contributed by atoms with Crippen LogP contribution in [0, 0.1) is 17.0 Å². The Hall–Kier alpha value is -2.11. The lowest BCUT2D eigenvalue weighted by Crippen LogP contribution is -2.39. The molecular formula is C13H17NO5. The van der Waals surface area contributed by atoms with Crippen molar-refractivity contribution in [2.24, 2.45) is 0 Å². The molecule has 0 atom stereocenters. The molecule has 0 N–H and O–H groups in total. The summed E-state index contributed by atoms with van der Waals surface area (Å²) in [4.78, 5) is 22.0. The molecule has 0 aliphatic carbocycles. The van der Waals surface area contributed by atoms with Crippen molar-refractivity contribution in [3.05, 3.63) is 33.9 Å². The number of hydrogen-bond acceptors (Lipinski definition) is 5. The van der Waals surface area contributed by atoms with E-state index < -0.39 is 16.5 Å². The van der Waals surface area contributed by atoms with Crippen LogP contribution >= 0.6 is 0 Å². The second-order valence-corrected chi connectivity index (χ2v) is 4.54. The van der Waals surface area contributed by atoms with Crippen LogP contribution in [0.1, 0.15) is 26.3 Å². The van der Waals surface area contributed by atoms with E-state index in [2.05, 4.69) is 0 Å². The second kappa shape index (κ2) is 5.69. The minimum absolute atomic E-state index is 0.0443. The van der Waals surface area contributed by atoms with Gasteiger partial charge in [0.05, 0.1) is 17.6 Å². The van der Waals surface area contributed by atoms with E-state index in [0.29, 0.717) is 5.56 Å². The number of esters is 1. The zero-order chi connectivity index (χ0) is 14.6. The lowest BCUT2D eigenvalue weighted by atomic mass is 10.1. The van der Waals surface area contributed by atoms with Crippen molar-refractivity contribution in [1.82, 2.24) is 0 Å². The van der Waals surface area contributed by atoms with Gasteiger partial charge < -0.3 is 9.47 Å². The van der Waals surface area contributed by atoms with Gasteiger partial charge in [-0.1, -0.05) is 0 Å². The third kappa shape index (κ3) is 3.67. The number of aryl methyl sites for hydroxylation is 1.